The highest BCUT2D eigenvalue weighted by Crippen LogP contribution is 2.15. The Balaban J connectivity index is 1.96. The van der Waals surface area contributed by atoms with E-state index in [0.29, 0.717) is 11.0 Å². The molecule has 0 bridgehead atoms. The second kappa shape index (κ2) is 6.66. The first-order valence-electron chi connectivity index (χ1n) is 7.33. The Bertz CT molecular complexity index is 477. The summed E-state index contributed by atoms with van der Waals surface area (Å²) in [7, 11) is 0. The molecule has 1 heterocycles. The van der Waals surface area contributed by atoms with E-state index in [2.05, 4.69) is 42.7 Å². The minimum absolute atomic E-state index is 0.477. The first-order valence-corrected chi connectivity index (χ1v) is 7.74. The lowest BCUT2D eigenvalue weighted by molar-refractivity contribution is 0.104. The zero-order chi connectivity index (χ0) is 14.7. The van der Waals surface area contributed by atoms with Gasteiger partial charge in [-0.2, -0.15) is 0 Å². The third-order valence-corrected chi connectivity index (χ3v) is 4.39. The van der Waals surface area contributed by atoms with Gasteiger partial charge in [0.25, 0.3) is 0 Å². The van der Waals surface area contributed by atoms with Crippen LogP contribution in [-0.4, -0.2) is 47.0 Å². The van der Waals surface area contributed by atoms with Gasteiger partial charge in [-0.25, -0.2) is 0 Å². The van der Waals surface area contributed by atoms with Crippen molar-refractivity contribution in [3.63, 3.8) is 0 Å². The molecule has 4 heteroatoms. The lowest BCUT2D eigenvalue weighted by atomic mass is 10.0. The fraction of sp³-hybridized carbons (Fsp3) is 0.562. The van der Waals surface area contributed by atoms with Crippen LogP contribution in [0.15, 0.2) is 18.2 Å². The number of piperazine rings is 1. The van der Waals surface area contributed by atoms with Crippen LogP contribution in [0.2, 0.25) is 0 Å². The highest BCUT2D eigenvalue weighted by molar-refractivity contribution is 7.80. The summed E-state index contributed by atoms with van der Waals surface area (Å²) < 4.78 is 0. The number of thiocarbonyl (C=S) groups is 1. The van der Waals surface area contributed by atoms with Crippen LogP contribution in [0.1, 0.15) is 30.5 Å². The summed E-state index contributed by atoms with van der Waals surface area (Å²) in [6.07, 6.45) is 0. The van der Waals surface area contributed by atoms with Crippen LogP contribution < -0.4 is 5.73 Å². The van der Waals surface area contributed by atoms with E-state index in [-0.39, 0.29) is 0 Å². The summed E-state index contributed by atoms with van der Waals surface area (Å²) in [5, 5.41) is 0. The van der Waals surface area contributed by atoms with Gasteiger partial charge in [-0.05, 0) is 38.0 Å². The first kappa shape index (κ1) is 15.4. The van der Waals surface area contributed by atoms with Gasteiger partial charge >= 0.3 is 0 Å². The molecule has 1 aromatic rings. The molecule has 3 nitrogen and oxygen atoms in total. The molecule has 110 valence electrons. The van der Waals surface area contributed by atoms with E-state index in [1.165, 1.54) is 24.2 Å². The molecule has 20 heavy (non-hydrogen) atoms. The summed E-state index contributed by atoms with van der Waals surface area (Å²) in [5.74, 6) is 0. The molecule has 1 aliphatic rings. The monoisotopic (exact) mass is 291 g/mol. The SMILES string of the molecule is Cc1cc(C(N)=S)ccc1CN1CCN(C(C)C)CC1. The number of nitrogens with two attached hydrogens (primary N) is 1. The van der Waals surface area contributed by atoms with Gasteiger partial charge in [0.1, 0.15) is 4.99 Å². The molecule has 0 spiro atoms. The van der Waals surface area contributed by atoms with Crippen LogP contribution in [0.25, 0.3) is 0 Å². The zero-order valence-electron chi connectivity index (χ0n) is 12.7. The maximum atomic E-state index is 5.68. The summed E-state index contributed by atoms with van der Waals surface area (Å²) >= 11 is 5.03. The zero-order valence-corrected chi connectivity index (χ0v) is 13.5. The first-order chi connectivity index (χ1) is 9.47. The summed E-state index contributed by atoms with van der Waals surface area (Å²) in [4.78, 5) is 5.55. The van der Waals surface area contributed by atoms with Crippen LogP contribution in [0.4, 0.5) is 0 Å². The minimum Gasteiger partial charge on any atom is -0.389 e. The molecule has 0 amide bonds. The van der Waals surface area contributed by atoms with Crippen molar-refractivity contribution < 1.29 is 0 Å². The molecular weight excluding hydrogens is 266 g/mol. The molecular formula is C16H25N3S. The van der Waals surface area contributed by atoms with Gasteiger partial charge in [-0.15, -0.1) is 0 Å². The molecule has 1 aromatic carbocycles. The third-order valence-electron chi connectivity index (χ3n) is 4.16. The molecule has 1 fully saturated rings. The molecule has 0 aromatic heterocycles. The van der Waals surface area contributed by atoms with Gasteiger partial charge in [0, 0.05) is 44.3 Å². The van der Waals surface area contributed by atoms with Gasteiger partial charge in [0.15, 0.2) is 0 Å². The van der Waals surface area contributed by atoms with E-state index < -0.39 is 0 Å². The number of hydrogen-bond acceptors (Lipinski definition) is 3. The Kier molecular flexibility index (Phi) is 5.13. The molecule has 1 saturated heterocycles. The molecule has 2 rings (SSSR count). The lowest BCUT2D eigenvalue weighted by Crippen LogP contribution is -2.48. The van der Waals surface area contributed by atoms with Crippen LogP contribution in [0.3, 0.4) is 0 Å². The molecule has 0 saturated carbocycles. The number of rotatable bonds is 4. The van der Waals surface area contributed by atoms with E-state index in [9.17, 15) is 0 Å². The van der Waals surface area contributed by atoms with Gasteiger partial charge < -0.3 is 5.73 Å². The third kappa shape index (κ3) is 3.78. The van der Waals surface area contributed by atoms with Gasteiger partial charge in [0.2, 0.25) is 0 Å². The van der Waals surface area contributed by atoms with Crippen LogP contribution >= 0.6 is 12.2 Å². The second-order valence-corrected chi connectivity index (χ2v) is 6.35. The van der Waals surface area contributed by atoms with Crippen molar-refractivity contribution in [3.05, 3.63) is 34.9 Å². The smallest absolute Gasteiger partial charge is 0.103 e. The Hall–Kier alpha value is -0.970. The Morgan fingerprint density at radius 3 is 2.40 bits per heavy atom. The summed E-state index contributed by atoms with van der Waals surface area (Å²) in [5.41, 5.74) is 9.30. The molecule has 0 radical (unpaired) electrons. The van der Waals surface area contributed by atoms with E-state index in [4.69, 9.17) is 18.0 Å². The average molecular weight is 291 g/mol. The number of benzene rings is 1. The largest absolute Gasteiger partial charge is 0.389 e. The van der Waals surface area contributed by atoms with Crippen molar-refractivity contribution in [1.82, 2.24) is 9.80 Å². The number of aryl methyl sites for hydroxylation is 1. The molecule has 2 N–H and O–H groups in total. The summed E-state index contributed by atoms with van der Waals surface area (Å²) in [6, 6.07) is 6.96. The van der Waals surface area contributed by atoms with Gasteiger partial charge in [0.05, 0.1) is 0 Å². The van der Waals surface area contributed by atoms with Crippen molar-refractivity contribution in [1.29, 1.82) is 0 Å². The van der Waals surface area contributed by atoms with Crippen molar-refractivity contribution in [2.45, 2.75) is 33.4 Å². The number of hydrogen-bond donors (Lipinski definition) is 1. The Morgan fingerprint density at radius 1 is 1.25 bits per heavy atom. The summed E-state index contributed by atoms with van der Waals surface area (Å²) in [6.45, 7) is 12.3. The highest BCUT2D eigenvalue weighted by Gasteiger charge is 2.19. The standard InChI is InChI=1S/C16H25N3S/c1-12(2)19-8-6-18(7-9-19)11-15-5-4-14(16(17)20)10-13(15)3/h4-5,10,12H,6-9,11H2,1-3H3,(H2,17,20). The van der Waals surface area contributed by atoms with Gasteiger partial charge in [-0.1, -0.05) is 24.4 Å². The van der Waals surface area contributed by atoms with Crippen molar-refractivity contribution in [2.24, 2.45) is 5.73 Å². The maximum Gasteiger partial charge on any atom is 0.103 e. The second-order valence-electron chi connectivity index (χ2n) is 5.91. The van der Waals surface area contributed by atoms with Crippen LogP contribution in [0, 0.1) is 6.92 Å². The molecule has 0 aliphatic carbocycles. The normalized spacial score (nSPS) is 17.6. The lowest BCUT2D eigenvalue weighted by Gasteiger charge is -2.37. The molecule has 0 atom stereocenters. The van der Waals surface area contributed by atoms with E-state index in [1.54, 1.807) is 0 Å². The predicted octanol–water partition coefficient (Wildman–Crippen LogP) is 2.16. The van der Waals surface area contributed by atoms with Crippen molar-refractivity contribution >= 4 is 17.2 Å². The topological polar surface area (TPSA) is 32.5 Å². The van der Waals surface area contributed by atoms with Crippen molar-refractivity contribution in [2.75, 3.05) is 26.2 Å². The Labute approximate surface area is 127 Å². The fourth-order valence-corrected chi connectivity index (χ4v) is 2.83. The van der Waals surface area contributed by atoms with Crippen molar-refractivity contribution in [3.8, 4) is 0 Å². The fourth-order valence-electron chi connectivity index (χ4n) is 2.71. The average Bonchev–Trinajstić information content (AvgIpc) is 2.41. The van der Waals surface area contributed by atoms with Crippen LogP contribution in [0.5, 0.6) is 0 Å². The van der Waals surface area contributed by atoms with Crippen LogP contribution in [-0.2, 0) is 6.54 Å². The molecule has 0 unspecified atom stereocenters. The molecule has 1 aliphatic heterocycles. The number of nitrogens with zero attached hydrogens (tertiary/aromatic N) is 2. The quantitative estimate of drug-likeness (QED) is 0.862. The predicted molar refractivity (Wildman–Crippen MR) is 89.1 cm³/mol. The highest BCUT2D eigenvalue weighted by atomic mass is 32.1. The van der Waals surface area contributed by atoms with E-state index in [0.717, 1.165) is 25.2 Å². The van der Waals surface area contributed by atoms with Gasteiger partial charge in [-0.3, -0.25) is 9.80 Å². The van der Waals surface area contributed by atoms with E-state index in [1.807, 2.05) is 6.07 Å². The van der Waals surface area contributed by atoms with E-state index >= 15 is 0 Å². The Morgan fingerprint density at radius 2 is 1.90 bits per heavy atom. The maximum absolute atomic E-state index is 5.68. The minimum atomic E-state index is 0.477.